The first kappa shape index (κ1) is 10.1. The second-order valence-corrected chi connectivity index (χ2v) is 5.98. The lowest BCUT2D eigenvalue weighted by Crippen LogP contribution is -2.32. The van der Waals surface area contributed by atoms with Gasteiger partial charge >= 0.3 is 0 Å². The van der Waals surface area contributed by atoms with Crippen molar-refractivity contribution in [2.75, 3.05) is 6.54 Å². The molecule has 2 bridgehead atoms. The summed E-state index contributed by atoms with van der Waals surface area (Å²) in [5, 5.41) is 3.75. The van der Waals surface area contributed by atoms with Crippen LogP contribution < -0.4 is 5.32 Å². The minimum Gasteiger partial charge on any atom is -0.311 e. The molecule has 2 fully saturated rings. The van der Waals surface area contributed by atoms with E-state index in [1.807, 2.05) is 0 Å². The van der Waals surface area contributed by atoms with Crippen LogP contribution in [0.15, 0.2) is 24.3 Å². The van der Waals surface area contributed by atoms with Gasteiger partial charge in [-0.25, -0.2) is 0 Å². The van der Waals surface area contributed by atoms with Gasteiger partial charge in [0.05, 0.1) is 0 Å². The molecule has 2 nitrogen and oxygen atoms in total. The molecule has 1 aromatic carbocycles. The summed E-state index contributed by atoms with van der Waals surface area (Å²) in [5.74, 6) is 0.906. The molecule has 1 aromatic rings. The van der Waals surface area contributed by atoms with Crippen LogP contribution >= 0.6 is 0 Å². The maximum Gasteiger partial charge on any atom is 0.0240 e. The van der Waals surface area contributed by atoms with Gasteiger partial charge in [-0.05, 0) is 36.3 Å². The van der Waals surface area contributed by atoms with Gasteiger partial charge in [0.1, 0.15) is 0 Å². The molecule has 0 spiro atoms. The molecule has 0 amide bonds. The third-order valence-corrected chi connectivity index (χ3v) is 4.83. The molecule has 17 heavy (non-hydrogen) atoms. The molecule has 4 rings (SSSR count). The molecule has 2 heteroatoms. The van der Waals surface area contributed by atoms with Gasteiger partial charge in [0.15, 0.2) is 0 Å². The second-order valence-electron chi connectivity index (χ2n) is 5.98. The lowest BCUT2D eigenvalue weighted by Gasteiger charge is -2.25. The van der Waals surface area contributed by atoms with E-state index in [4.69, 9.17) is 0 Å². The van der Waals surface area contributed by atoms with Crippen LogP contribution in [0.4, 0.5) is 0 Å². The topological polar surface area (TPSA) is 15.3 Å². The van der Waals surface area contributed by atoms with E-state index in [1.54, 1.807) is 11.1 Å². The predicted octanol–water partition coefficient (Wildman–Crippen LogP) is 2.14. The summed E-state index contributed by atoms with van der Waals surface area (Å²) < 4.78 is 0. The Hall–Kier alpha value is -0.860. The highest BCUT2D eigenvalue weighted by molar-refractivity contribution is 5.30. The first-order chi connectivity index (χ1) is 8.38. The molecular weight excluding hydrogens is 208 g/mol. The van der Waals surface area contributed by atoms with Crippen LogP contribution in [0.25, 0.3) is 0 Å². The Morgan fingerprint density at radius 2 is 1.88 bits per heavy atom. The van der Waals surface area contributed by atoms with Crippen molar-refractivity contribution in [2.45, 2.75) is 44.4 Å². The normalized spacial score (nSPS) is 35.4. The van der Waals surface area contributed by atoms with Crippen LogP contribution in [0.2, 0.25) is 0 Å². The summed E-state index contributed by atoms with van der Waals surface area (Å²) >= 11 is 0. The van der Waals surface area contributed by atoms with E-state index in [0.29, 0.717) is 0 Å². The van der Waals surface area contributed by atoms with Crippen molar-refractivity contribution in [3.63, 3.8) is 0 Å². The zero-order chi connectivity index (χ0) is 11.2. The Morgan fingerprint density at radius 1 is 1.12 bits per heavy atom. The molecule has 1 N–H and O–H groups in total. The number of hydrogen-bond donors (Lipinski definition) is 1. The maximum absolute atomic E-state index is 3.75. The average Bonchev–Trinajstić information content (AvgIpc) is 3.01. The van der Waals surface area contributed by atoms with Crippen LogP contribution in [-0.2, 0) is 13.1 Å². The SMILES string of the molecule is c1ccc2c(c1)CN(CC1CC3CCC1N3)C2. The Kier molecular flexibility index (Phi) is 2.27. The molecule has 90 valence electrons. The quantitative estimate of drug-likeness (QED) is 0.834. The fraction of sp³-hybridized carbons (Fsp3) is 0.600. The van der Waals surface area contributed by atoms with Gasteiger partial charge in [0.2, 0.25) is 0 Å². The number of nitrogens with one attached hydrogen (secondary N) is 1. The number of hydrogen-bond acceptors (Lipinski definition) is 2. The molecule has 0 aliphatic carbocycles. The molecule has 3 aliphatic heterocycles. The maximum atomic E-state index is 3.75. The van der Waals surface area contributed by atoms with Crippen molar-refractivity contribution in [1.29, 1.82) is 0 Å². The van der Waals surface area contributed by atoms with E-state index in [2.05, 4.69) is 34.5 Å². The largest absolute Gasteiger partial charge is 0.311 e. The fourth-order valence-corrected chi connectivity index (χ4v) is 4.00. The van der Waals surface area contributed by atoms with Crippen LogP contribution in [0, 0.1) is 5.92 Å². The summed E-state index contributed by atoms with van der Waals surface area (Å²) in [6.45, 7) is 3.64. The second kappa shape index (κ2) is 3.82. The first-order valence-electron chi connectivity index (χ1n) is 6.94. The summed E-state index contributed by atoms with van der Waals surface area (Å²) in [6, 6.07) is 10.6. The highest BCUT2D eigenvalue weighted by Crippen LogP contribution is 2.35. The lowest BCUT2D eigenvalue weighted by molar-refractivity contribution is 0.214. The molecule has 3 aliphatic rings. The van der Waals surface area contributed by atoms with E-state index >= 15 is 0 Å². The van der Waals surface area contributed by atoms with Gasteiger partial charge in [0.25, 0.3) is 0 Å². The van der Waals surface area contributed by atoms with Gasteiger partial charge in [-0.3, -0.25) is 4.90 Å². The van der Waals surface area contributed by atoms with Crippen LogP contribution in [0.3, 0.4) is 0 Å². The Bertz CT molecular complexity index is 404. The Balaban J connectivity index is 1.43. The third-order valence-electron chi connectivity index (χ3n) is 4.83. The van der Waals surface area contributed by atoms with Crippen molar-refractivity contribution in [1.82, 2.24) is 10.2 Å². The van der Waals surface area contributed by atoms with E-state index in [-0.39, 0.29) is 0 Å². The summed E-state index contributed by atoms with van der Waals surface area (Å²) in [6.07, 6.45) is 4.25. The predicted molar refractivity (Wildman–Crippen MR) is 68.6 cm³/mol. The Morgan fingerprint density at radius 3 is 2.47 bits per heavy atom. The lowest BCUT2D eigenvalue weighted by atomic mass is 9.89. The fourth-order valence-electron chi connectivity index (χ4n) is 4.00. The smallest absolute Gasteiger partial charge is 0.0240 e. The minimum atomic E-state index is 0.823. The number of rotatable bonds is 2. The van der Waals surface area contributed by atoms with Crippen molar-refractivity contribution in [2.24, 2.45) is 5.92 Å². The van der Waals surface area contributed by atoms with Gasteiger partial charge in [-0.1, -0.05) is 24.3 Å². The molecular formula is C15H20N2. The zero-order valence-corrected chi connectivity index (χ0v) is 10.2. The average molecular weight is 228 g/mol. The van der Waals surface area contributed by atoms with Crippen molar-refractivity contribution in [3.8, 4) is 0 Å². The standard InChI is InChI=1S/C15H20N2/c1-2-4-12-9-17(8-11(12)3-1)10-13-7-14-5-6-15(13)16-14/h1-4,13-16H,5-10H2. The number of benzene rings is 1. The van der Waals surface area contributed by atoms with Crippen molar-refractivity contribution >= 4 is 0 Å². The zero-order valence-electron chi connectivity index (χ0n) is 10.2. The highest BCUT2D eigenvalue weighted by atomic mass is 15.2. The van der Waals surface area contributed by atoms with Crippen LogP contribution in [0.1, 0.15) is 30.4 Å². The monoisotopic (exact) mass is 228 g/mol. The number of nitrogens with zero attached hydrogens (tertiary/aromatic N) is 1. The van der Waals surface area contributed by atoms with E-state index in [9.17, 15) is 0 Å². The minimum absolute atomic E-state index is 0.823. The van der Waals surface area contributed by atoms with Gasteiger partial charge in [-0.2, -0.15) is 0 Å². The highest BCUT2D eigenvalue weighted by Gasteiger charge is 2.39. The molecule has 0 saturated carbocycles. The number of fused-ring (bicyclic) bond motifs is 3. The Labute approximate surface area is 103 Å². The molecule has 0 radical (unpaired) electrons. The van der Waals surface area contributed by atoms with Crippen molar-refractivity contribution in [3.05, 3.63) is 35.4 Å². The molecule has 0 aromatic heterocycles. The van der Waals surface area contributed by atoms with E-state index < -0.39 is 0 Å². The van der Waals surface area contributed by atoms with Crippen molar-refractivity contribution < 1.29 is 0 Å². The van der Waals surface area contributed by atoms with E-state index in [0.717, 1.165) is 18.0 Å². The molecule has 3 unspecified atom stereocenters. The van der Waals surface area contributed by atoms with E-state index in [1.165, 1.54) is 38.9 Å². The third kappa shape index (κ3) is 1.71. The molecule has 2 saturated heterocycles. The van der Waals surface area contributed by atoms with Crippen LogP contribution in [-0.4, -0.2) is 23.5 Å². The van der Waals surface area contributed by atoms with Gasteiger partial charge in [0, 0.05) is 31.7 Å². The molecule has 3 atom stereocenters. The van der Waals surface area contributed by atoms with Crippen LogP contribution in [0.5, 0.6) is 0 Å². The van der Waals surface area contributed by atoms with Gasteiger partial charge < -0.3 is 5.32 Å². The van der Waals surface area contributed by atoms with Gasteiger partial charge in [-0.15, -0.1) is 0 Å². The summed E-state index contributed by atoms with van der Waals surface area (Å²) in [5.41, 5.74) is 3.09. The summed E-state index contributed by atoms with van der Waals surface area (Å²) in [4.78, 5) is 2.64. The molecule has 3 heterocycles. The summed E-state index contributed by atoms with van der Waals surface area (Å²) in [7, 11) is 0. The first-order valence-corrected chi connectivity index (χ1v) is 6.94.